The van der Waals surface area contributed by atoms with Crippen molar-refractivity contribution in [2.24, 2.45) is 23.0 Å². The van der Waals surface area contributed by atoms with E-state index in [1.807, 2.05) is 76.5 Å². The fourth-order valence-corrected chi connectivity index (χ4v) is 6.37. The van der Waals surface area contributed by atoms with Gasteiger partial charge in [-0.3, -0.25) is 14.3 Å². The molecular weight excluding hydrogens is 564 g/mol. The first kappa shape index (κ1) is 30.1. The van der Waals surface area contributed by atoms with Gasteiger partial charge in [-0.2, -0.15) is 5.10 Å². The predicted octanol–water partition coefficient (Wildman–Crippen LogP) is 7.20. The van der Waals surface area contributed by atoms with E-state index < -0.39 is 0 Å². The molecule has 45 heavy (non-hydrogen) atoms. The fourth-order valence-electron chi connectivity index (χ4n) is 6.37. The molecule has 0 spiro atoms. The number of fused-ring (bicyclic) bond motifs is 2. The minimum absolute atomic E-state index is 0.0228. The number of nitrogens with zero attached hydrogens (tertiary/aromatic N) is 5. The van der Waals surface area contributed by atoms with Gasteiger partial charge in [-0.25, -0.2) is 9.98 Å². The molecule has 6 rings (SSSR count). The minimum atomic E-state index is -0.0901. The van der Waals surface area contributed by atoms with E-state index in [0.717, 1.165) is 76.1 Å². The third-order valence-corrected chi connectivity index (χ3v) is 8.89. The van der Waals surface area contributed by atoms with E-state index in [0.29, 0.717) is 23.9 Å². The van der Waals surface area contributed by atoms with Crippen molar-refractivity contribution in [2.75, 3.05) is 15.5 Å². The van der Waals surface area contributed by atoms with Crippen molar-refractivity contribution in [1.82, 2.24) is 14.8 Å². The number of rotatable bonds is 6. The van der Waals surface area contributed by atoms with Gasteiger partial charge in [-0.1, -0.05) is 43.9 Å². The summed E-state index contributed by atoms with van der Waals surface area (Å²) < 4.78 is 1.78. The second-order valence-electron chi connectivity index (χ2n) is 12.2. The summed E-state index contributed by atoms with van der Waals surface area (Å²) in [5.41, 5.74) is 7.38. The third-order valence-electron chi connectivity index (χ3n) is 8.89. The highest BCUT2D eigenvalue weighted by molar-refractivity contribution is 6.15. The molecule has 232 valence electrons. The summed E-state index contributed by atoms with van der Waals surface area (Å²) in [6, 6.07) is 13.4. The highest BCUT2D eigenvalue weighted by Gasteiger charge is 2.33. The van der Waals surface area contributed by atoms with Gasteiger partial charge in [-0.15, -0.1) is 0 Å². The van der Waals surface area contributed by atoms with Gasteiger partial charge in [0.05, 0.1) is 23.4 Å². The highest BCUT2D eigenvalue weighted by atomic mass is 16.2. The summed E-state index contributed by atoms with van der Waals surface area (Å²) in [6.07, 6.45) is 8.31. The van der Waals surface area contributed by atoms with Crippen molar-refractivity contribution in [3.05, 3.63) is 76.6 Å². The summed E-state index contributed by atoms with van der Waals surface area (Å²) >= 11 is 0. The predicted molar refractivity (Wildman–Crippen MR) is 182 cm³/mol. The Labute approximate surface area is 263 Å². The quantitative estimate of drug-likeness (QED) is 0.122. The number of hydrogen-bond donors (Lipinski definition) is 3. The molecule has 2 amide bonds. The highest BCUT2D eigenvalue weighted by Crippen LogP contribution is 2.39. The Hall–Kier alpha value is -4.99. The molecule has 0 radical (unpaired) electrons. The number of benzene rings is 2. The first-order valence-corrected chi connectivity index (χ1v) is 15.6. The van der Waals surface area contributed by atoms with Crippen LogP contribution in [0.15, 0.2) is 64.2 Å². The number of guanidine groups is 1. The Kier molecular flexibility index (Phi) is 8.38. The maximum atomic E-state index is 13.8. The lowest BCUT2D eigenvalue weighted by Crippen LogP contribution is -2.24. The number of aromatic amines is 1. The van der Waals surface area contributed by atoms with Crippen LogP contribution in [-0.2, 0) is 18.4 Å². The first-order chi connectivity index (χ1) is 21.7. The number of aliphatic imine (C=N–C) groups is 2. The van der Waals surface area contributed by atoms with Crippen LogP contribution in [0.2, 0.25) is 0 Å². The van der Waals surface area contributed by atoms with Crippen LogP contribution in [0, 0.1) is 12.8 Å². The zero-order valence-corrected chi connectivity index (χ0v) is 26.4. The van der Waals surface area contributed by atoms with Gasteiger partial charge in [0.25, 0.3) is 5.91 Å². The zero-order valence-electron chi connectivity index (χ0n) is 26.4. The Morgan fingerprint density at radius 1 is 1.07 bits per heavy atom. The van der Waals surface area contributed by atoms with Crippen molar-refractivity contribution in [1.29, 1.82) is 0 Å². The molecule has 0 atom stereocenters. The standard InChI is InChI=1S/C35H40N8O2/c1-21(2)31(40-35(36-4)39-30-18-22(3)42(5)41-30)26-19-37-32-24(26)14-11-17-29(32)43-20-27-25(34(43)45)15-10-16-28(27)38-33(44)23-12-8-6-7-9-13-23/h10-11,14-19,23,37H,4,6-9,12-13,20H2,1-3,5H3,(H,38,44)(H,39,40,41). The van der Waals surface area contributed by atoms with Crippen LogP contribution in [0.4, 0.5) is 17.2 Å². The average molecular weight is 605 g/mol. The second kappa shape index (κ2) is 12.6. The van der Waals surface area contributed by atoms with E-state index in [2.05, 4.69) is 32.4 Å². The smallest absolute Gasteiger partial charge is 0.259 e. The topological polar surface area (TPSA) is 120 Å². The Bertz CT molecular complexity index is 1830. The van der Waals surface area contributed by atoms with Crippen LogP contribution in [0.25, 0.3) is 16.6 Å². The maximum Gasteiger partial charge on any atom is 0.259 e. The number of anilines is 3. The Morgan fingerprint density at radius 2 is 1.82 bits per heavy atom. The van der Waals surface area contributed by atoms with E-state index in [1.54, 1.807) is 9.58 Å². The Balaban J connectivity index is 1.30. The van der Waals surface area contributed by atoms with Gasteiger partial charge in [0.1, 0.15) is 0 Å². The van der Waals surface area contributed by atoms with Crippen LogP contribution >= 0.6 is 0 Å². The van der Waals surface area contributed by atoms with Crippen LogP contribution in [0.5, 0.6) is 0 Å². The van der Waals surface area contributed by atoms with Crippen molar-refractivity contribution in [2.45, 2.75) is 65.8 Å². The van der Waals surface area contributed by atoms with E-state index in [4.69, 9.17) is 4.99 Å². The normalized spacial score (nSPS) is 15.6. The van der Waals surface area contributed by atoms with Gasteiger partial charge >= 0.3 is 0 Å². The molecule has 10 nitrogen and oxygen atoms in total. The number of para-hydroxylation sites is 1. The van der Waals surface area contributed by atoms with Gasteiger partial charge in [0.2, 0.25) is 11.9 Å². The molecule has 1 aliphatic heterocycles. The van der Waals surface area contributed by atoms with Crippen molar-refractivity contribution in [3.63, 3.8) is 0 Å². The van der Waals surface area contributed by atoms with Crippen molar-refractivity contribution >= 4 is 58.3 Å². The van der Waals surface area contributed by atoms with Crippen molar-refractivity contribution in [3.8, 4) is 0 Å². The van der Waals surface area contributed by atoms with Gasteiger partial charge in [0.15, 0.2) is 5.82 Å². The maximum absolute atomic E-state index is 13.8. The fraction of sp³-hybridized carbons (Fsp3) is 0.343. The molecule has 2 aliphatic rings. The molecule has 0 bridgehead atoms. The van der Waals surface area contributed by atoms with Gasteiger partial charge in [-0.05, 0) is 64.1 Å². The molecule has 1 aliphatic carbocycles. The van der Waals surface area contributed by atoms with E-state index >= 15 is 0 Å². The molecule has 1 fully saturated rings. The Morgan fingerprint density at radius 3 is 2.51 bits per heavy atom. The van der Waals surface area contributed by atoms with Gasteiger partial charge < -0.3 is 20.5 Å². The second-order valence-corrected chi connectivity index (χ2v) is 12.2. The number of H-pyrrole nitrogens is 1. The lowest BCUT2D eigenvalue weighted by Gasteiger charge is -2.18. The van der Waals surface area contributed by atoms with Crippen LogP contribution in [-0.4, -0.2) is 39.3 Å². The molecule has 4 aromatic rings. The van der Waals surface area contributed by atoms with Crippen LogP contribution in [0.1, 0.15) is 79.6 Å². The number of allylic oxidation sites excluding steroid dienone is 1. The number of amides is 2. The monoisotopic (exact) mass is 604 g/mol. The molecule has 3 heterocycles. The third kappa shape index (κ3) is 5.92. The number of aromatic nitrogens is 3. The van der Waals surface area contributed by atoms with Crippen LogP contribution < -0.4 is 15.5 Å². The van der Waals surface area contributed by atoms with E-state index in [9.17, 15) is 9.59 Å². The zero-order chi connectivity index (χ0) is 31.7. The summed E-state index contributed by atoms with van der Waals surface area (Å²) in [5, 5.41) is 11.7. The SMILES string of the molecule is C=N/C(=N\C(=C(C)C)c1c[nH]c2c(N3Cc4c(NC(=O)C5CCCCCC5)cccc4C3=O)cccc12)Nc1cc(C)n(C)n1. The van der Waals surface area contributed by atoms with E-state index in [-0.39, 0.29) is 17.7 Å². The lowest BCUT2D eigenvalue weighted by molar-refractivity contribution is -0.120. The molecule has 2 aromatic carbocycles. The average Bonchev–Trinajstić information content (AvgIpc) is 3.61. The molecule has 2 aromatic heterocycles. The molecule has 0 unspecified atom stereocenters. The van der Waals surface area contributed by atoms with Crippen LogP contribution in [0.3, 0.4) is 0 Å². The number of hydrogen-bond acceptors (Lipinski definition) is 4. The summed E-state index contributed by atoms with van der Waals surface area (Å²) in [7, 11) is 1.88. The lowest BCUT2D eigenvalue weighted by atomic mass is 9.99. The number of nitrogens with one attached hydrogen (secondary N) is 3. The number of aryl methyl sites for hydroxylation is 2. The van der Waals surface area contributed by atoms with Crippen molar-refractivity contribution < 1.29 is 9.59 Å². The first-order valence-electron chi connectivity index (χ1n) is 15.6. The summed E-state index contributed by atoms with van der Waals surface area (Å²) in [5.74, 6) is 0.955. The number of carbonyl (C=O) groups excluding carboxylic acids is 2. The molecule has 1 saturated carbocycles. The molecule has 3 N–H and O–H groups in total. The van der Waals surface area contributed by atoms with E-state index in [1.165, 1.54) is 12.8 Å². The number of carbonyl (C=O) groups is 2. The largest absolute Gasteiger partial charge is 0.359 e. The molecular formula is C35H40N8O2. The molecule has 0 saturated heterocycles. The molecule has 10 heteroatoms. The van der Waals surface area contributed by atoms with Gasteiger partial charge in [0, 0.05) is 58.7 Å². The summed E-state index contributed by atoms with van der Waals surface area (Å²) in [4.78, 5) is 41.2. The minimum Gasteiger partial charge on any atom is -0.359 e. The summed E-state index contributed by atoms with van der Waals surface area (Å²) in [6.45, 7) is 10.1.